The van der Waals surface area contributed by atoms with Gasteiger partial charge >= 0.3 is 6.18 Å². The molecule has 132 valence electrons. The molecule has 0 bridgehead atoms. The van der Waals surface area contributed by atoms with Crippen LogP contribution in [0.1, 0.15) is 29.4 Å². The molecule has 1 atom stereocenters. The zero-order chi connectivity index (χ0) is 18.3. The van der Waals surface area contributed by atoms with Gasteiger partial charge in [0, 0.05) is 7.05 Å². The largest absolute Gasteiger partial charge is 0.463 e. The SMILES string of the molecule is Cc1ccc(C(O)(CC(=O)N(C)c2c(C)noc2C)C(F)(F)F)o1. The molecule has 0 aliphatic carbocycles. The molecule has 2 rings (SSSR count). The minimum atomic E-state index is -5.09. The van der Waals surface area contributed by atoms with Crippen molar-refractivity contribution in [2.75, 3.05) is 11.9 Å². The van der Waals surface area contributed by atoms with Crippen molar-refractivity contribution in [3.05, 3.63) is 35.1 Å². The normalized spacial score (nSPS) is 14.5. The molecule has 1 unspecified atom stereocenters. The first kappa shape index (κ1) is 18.1. The molecular weight excluding hydrogens is 329 g/mol. The first-order chi connectivity index (χ1) is 11.0. The van der Waals surface area contributed by atoms with Crippen LogP contribution in [-0.2, 0) is 10.4 Å². The molecular formula is C15H17F3N2O4. The highest BCUT2D eigenvalue weighted by molar-refractivity contribution is 5.94. The molecule has 0 aliphatic rings. The van der Waals surface area contributed by atoms with Gasteiger partial charge in [0.25, 0.3) is 0 Å². The summed E-state index contributed by atoms with van der Waals surface area (Å²) in [6, 6.07) is 2.29. The van der Waals surface area contributed by atoms with Crippen LogP contribution in [-0.4, -0.2) is 29.4 Å². The first-order valence-electron chi connectivity index (χ1n) is 7.03. The van der Waals surface area contributed by atoms with E-state index in [1.165, 1.54) is 27.0 Å². The fourth-order valence-electron chi connectivity index (χ4n) is 2.40. The zero-order valence-corrected chi connectivity index (χ0v) is 13.6. The van der Waals surface area contributed by atoms with Crippen LogP contribution in [0.25, 0.3) is 0 Å². The Kier molecular flexibility index (Phi) is 4.49. The fraction of sp³-hybridized carbons (Fsp3) is 0.467. The van der Waals surface area contributed by atoms with Gasteiger partial charge in [0.2, 0.25) is 11.5 Å². The number of aryl methyl sites for hydroxylation is 3. The third-order valence-electron chi connectivity index (χ3n) is 3.73. The second-order valence-corrected chi connectivity index (χ2v) is 5.57. The molecule has 0 saturated carbocycles. The Morgan fingerprint density at radius 1 is 1.29 bits per heavy atom. The van der Waals surface area contributed by atoms with Crippen molar-refractivity contribution < 1.29 is 32.0 Å². The number of carbonyl (C=O) groups is 1. The Balaban J connectivity index is 2.35. The molecule has 2 aromatic rings. The average molecular weight is 346 g/mol. The molecule has 2 aromatic heterocycles. The highest BCUT2D eigenvalue weighted by atomic mass is 19.4. The van der Waals surface area contributed by atoms with E-state index in [2.05, 4.69) is 5.16 Å². The number of rotatable bonds is 4. The number of hydrogen-bond acceptors (Lipinski definition) is 5. The molecule has 0 aromatic carbocycles. The van der Waals surface area contributed by atoms with E-state index in [-0.39, 0.29) is 17.2 Å². The van der Waals surface area contributed by atoms with E-state index in [9.17, 15) is 23.1 Å². The number of hydrogen-bond donors (Lipinski definition) is 1. The molecule has 2 heterocycles. The topological polar surface area (TPSA) is 79.7 Å². The molecule has 0 fully saturated rings. The maximum Gasteiger partial charge on any atom is 0.425 e. The summed E-state index contributed by atoms with van der Waals surface area (Å²) < 4.78 is 50.1. The summed E-state index contributed by atoms with van der Waals surface area (Å²) in [7, 11) is 1.29. The number of aliphatic hydroxyl groups is 1. The van der Waals surface area contributed by atoms with Gasteiger partial charge in [-0.15, -0.1) is 0 Å². The summed E-state index contributed by atoms with van der Waals surface area (Å²) >= 11 is 0. The number of aromatic nitrogens is 1. The lowest BCUT2D eigenvalue weighted by Crippen LogP contribution is -2.46. The van der Waals surface area contributed by atoms with Crippen molar-refractivity contribution in [3.63, 3.8) is 0 Å². The summed E-state index contributed by atoms with van der Waals surface area (Å²) in [5, 5.41) is 13.8. The highest BCUT2D eigenvalue weighted by Gasteiger charge is 2.58. The quantitative estimate of drug-likeness (QED) is 0.921. The van der Waals surface area contributed by atoms with Crippen LogP contribution in [0.2, 0.25) is 0 Å². The lowest BCUT2D eigenvalue weighted by atomic mass is 9.95. The Bertz CT molecular complexity index is 731. The molecule has 0 spiro atoms. The monoisotopic (exact) mass is 346 g/mol. The maximum absolute atomic E-state index is 13.4. The van der Waals surface area contributed by atoms with Crippen LogP contribution in [0.15, 0.2) is 21.1 Å². The predicted molar refractivity (Wildman–Crippen MR) is 77.4 cm³/mol. The smallest absolute Gasteiger partial charge is 0.425 e. The molecule has 9 heteroatoms. The second-order valence-electron chi connectivity index (χ2n) is 5.57. The molecule has 1 amide bonds. The Morgan fingerprint density at radius 2 is 1.92 bits per heavy atom. The van der Waals surface area contributed by atoms with Gasteiger partial charge in [0.05, 0.1) is 6.42 Å². The Morgan fingerprint density at radius 3 is 2.33 bits per heavy atom. The van der Waals surface area contributed by atoms with Crippen molar-refractivity contribution in [1.29, 1.82) is 0 Å². The third-order valence-corrected chi connectivity index (χ3v) is 3.73. The number of carbonyl (C=O) groups excluding carboxylic acids is 1. The van der Waals surface area contributed by atoms with Crippen LogP contribution in [0, 0.1) is 20.8 Å². The average Bonchev–Trinajstić information content (AvgIpc) is 3.03. The molecule has 0 aliphatic heterocycles. The summed E-state index contributed by atoms with van der Waals surface area (Å²) in [4.78, 5) is 13.3. The number of alkyl halides is 3. The minimum Gasteiger partial charge on any atom is -0.463 e. The summed E-state index contributed by atoms with van der Waals surface area (Å²) in [5.74, 6) is -1.21. The van der Waals surface area contributed by atoms with Gasteiger partial charge in [-0.2, -0.15) is 13.2 Å². The fourth-order valence-corrected chi connectivity index (χ4v) is 2.40. The standard InChI is InChI=1S/C15H17F3N2O4/c1-8-5-6-11(23-8)14(22,15(16,17)18)7-12(21)20(4)13-9(2)19-24-10(13)3/h5-6,22H,7H2,1-4H3. The van der Waals surface area contributed by atoms with Gasteiger partial charge in [0.15, 0.2) is 5.76 Å². The van der Waals surface area contributed by atoms with Crippen molar-refractivity contribution >= 4 is 11.6 Å². The van der Waals surface area contributed by atoms with E-state index in [1.807, 2.05) is 0 Å². The number of furan rings is 1. The molecule has 0 radical (unpaired) electrons. The van der Waals surface area contributed by atoms with Gasteiger partial charge in [-0.05, 0) is 32.9 Å². The third kappa shape index (κ3) is 3.03. The second kappa shape index (κ2) is 5.97. The lowest BCUT2D eigenvalue weighted by molar-refractivity contribution is -0.273. The minimum absolute atomic E-state index is 0.194. The maximum atomic E-state index is 13.4. The van der Waals surface area contributed by atoms with Crippen LogP contribution in [0.3, 0.4) is 0 Å². The molecule has 6 nitrogen and oxygen atoms in total. The van der Waals surface area contributed by atoms with Crippen molar-refractivity contribution in [3.8, 4) is 0 Å². The van der Waals surface area contributed by atoms with Gasteiger partial charge in [-0.25, -0.2) is 0 Å². The molecule has 1 N–H and O–H groups in total. The van der Waals surface area contributed by atoms with E-state index < -0.39 is 29.9 Å². The number of halogens is 3. The zero-order valence-electron chi connectivity index (χ0n) is 13.6. The number of nitrogens with zero attached hydrogens (tertiary/aromatic N) is 2. The van der Waals surface area contributed by atoms with E-state index in [0.29, 0.717) is 5.69 Å². The van der Waals surface area contributed by atoms with Crippen LogP contribution >= 0.6 is 0 Å². The number of amides is 1. The van der Waals surface area contributed by atoms with Gasteiger partial charge in [-0.1, -0.05) is 5.16 Å². The summed E-state index contributed by atoms with van der Waals surface area (Å²) in [5.41, 5.74) is -2.81. The van der Waals surface area contributed by atoms with E-state index >= 15 is 0 Å². The summed E-state index contributed by atoms with van der Waals surface area (Å²) in [6.07, 6.45) is -6.32. The molecule has 0 saturated heterocycles. The van der Waals surface area contributed by atoms with Gasteiger partial charge < -0.3 is 18.9 Å². The Hall–Kier alpha value is -2.29. The van der Waals surface area contributed by atoms with Crippen molar-refractivity contribution in [2.24, 2.45) is 0 Å². The number of anilines is 1. The summed E-state index contributed by atoms with van der Waals surface area (Å²) in [6.45, 7) is 4.53. The van der Waals surface area contributed by atoms with Gasteiger partial charge in [-0.3, -0.25) is 4.79 Å². The van der Waals surface area contributed by atoms with E-state index in [1.54, 1.807) is 6.92 Å². The van der Waals surface area contributed by atoms with Crippen LogP contribution < -0.4 is 4.90 Å². The van der Waals surface area contributed by atoms with E-state index in [0.717, 1.165) is 11.0 Å². The van der Waals surface area contributed by atoms with Crippen molar-refractivity contribution in [2.45, 2.75) is 39.0 Å². The van der Waals surface area contributed by atoms with Crippen LogP contribution in [0.4, 0.5) is 18.9 Å². The predicted octanol–water partition coefficient (Wildman–Crippen LogP) is 3.00. The van der Waals surface area contributed by atoms with Crippen LogP contribution in [0.5, 0.6) is 0 Å². The Labute approximate surface area is 135 Å². The molecule has 24 heavy (non-hydrogen) atoms. The first-order valence-corrected chi connectivity index (χ1v) is 7.03. The van der Waals surface area contributed by atoms with Gasteiger partial charge in [0.1, 0.15) is 22.9 Å². The lowest BCUT2D eigenvalue weighted by Gasteiger charge is -2.29. The highest BCUT2D eigenvalue weighted by Crippen LogP contribution is 2.43. The van der Waals surface area contributed by atoms with Crippen molar-refractivity contribution in [1.82, 2.24) is 5.16 Å². The van der Waals surface area contributed by atoms with E-state index in [4.69, 9.17) is 8.94 Å².